The molecule has 0 bridgehead atoms. The van der Waals surface area contributed by atoms with Gasteiger partial charge in [-0.3, -0.25) is 9.59 Å². The summed E-state index contributed by atoms with van der Waals surface area (Å²) in [5, 5.41) is 9.64. The number of unbranched alkanes of at least 4 members (excludes halogenated alkanes) is 13. The van der Waals surface area contributed by atoms with E-state index in [0.717, 1.165) is 83.5 Å². The lowest BCUT2D eigenvalue weighted by Gasteiger charge is -2.31. The van der Waals surface area contributed by atoms with Crippen LogP contribution in [0.3, 0.4) is 0 Å². The maximum atomic E-state index is 12.8. The molecule has 2 atom stereocenters. The van der Waals surface area contributed by atoms with Gasteiger partial charge in [0.1, 0.15) is 6.61 Å². The number of hydrogen-bond acceptors (Lipinski definition) is 6. The molecule has 0 saturated heterocycles. The van der Waals surface area contributed by atoms with Gasteiger partial charge in [-0.1, -0.05) is 169 Å². The number of quaternary nitrogens is 1. The largest absolute Gasteiger partial charge is 0.477 e. The number of ether oxygens (including phenoxy) is 3. The number of hydrogen-bond donors (Lipinski definition) is 1. The minimum absolute atomic E-state index is 0.0296. The number of allylic oxidation sites excluding steroid dienone is 16. The minimum atomic E-state index is -0.889. The minimum Gasteiger partial charge on any atom is -0.477 e. The Morgan fingerprint density at radius 3 is 1.38 bits per heavy atom. The number of nitrogens with zero attached hydrogens (tertiary/aromatic N) is 1. The maximum Gasteiger partial charge on any atom is 0.362 e. The van der Waals surface area contributed by atoms with Gasteiger partial charge in [-0.15, -0.1) is 0 Å². The Balaban J connectivity index is 4.42. The third-order valence-corrected chi connectivity index (χ3v) is 10.5. The number of carboxylic acid groups (broad SMARTS) is 1. The molecule has 8 heteroatoms. The van der Waals surface area contributed by atoms with Crippen LogP contribution < -0.4 is 0 Å². The molecular formula is C55H92NO7+. The van der Waals surface area contributed by atoms with Crippen molar-refractivity contribution in [2.45, 2.75) is 193 Å². The van der Waals surface area contributed by atoms with E-state index in [9.17, 15) is 19.5 Å². The molecule has 0 aliphatic carbocycles. The van der Waals surface area contributed by atoms with Gasteiger partial charge in [-0.25, -0.2) is 4.79 Å². The summed E-state index contributed by atoms with van der Waals surface area (Å²) >= 11 is 0. The highest BCUT2D eigenvalue weighted by atomic mass is 16.6. The van der Waals surface area contributed by atoms with Crippen molar-refractivity contribution in [2.75, 3.05) is 41.0 Å². The Labute approximate surface area is 386 Å². The molecule has 1 N–H and O–H groups in total. The van der Waals surface area contributed by atoms with E-state index in [1.54, 1.807) is 0 Å². The van der Waals surface area contributed by atoms with Crippen molar-refractivity contribution in [3.63, 3.8) is 0 Å². The van der Waals surface area contributed by atoms with Crippen LogP contribution in [-0.2, 0) is 28.6 Å². The van der Waals surface area contributed by atoms with Crippen molar-refractivity contribution in [3.05, 3.63) is 97.2 Å². The monoisotopic (exact) mass is 879 g/mol. The maximum absolute atomic E-state index is 12.8. The van der Waals surface area contributed by atoms with Gasteiger partial charge in [-0.2, -0.15) is 0 Å². The zero-order valence-corrected chi connectivity index (χ0v) is 40.7. The van der Waals surface area contributed by atoms with E-state index in [1.807, 2.05) is 21.1 Å². The third-order valence-electron chi connectivity index (χ3n) is 10.5. The van der Waals surface area contributed by atoms with E-state index in [1.165, 1.54) is 57.8 Å². The number of likely N-dealkylation sites (N-methyl/N-ethyl adjacent to an activating group) is 1. The van der Waals surface area contributed by atoms with Crippen LogP contribution >= 0.6 is 0 Å². The summed E-state index contributed by atoms with van der Waals surface area (Å²) < 4.78 is 17.3. The number of aliphatic carboxylic acids is 1. The number of rotatable bonds is 43. The summed E-state index contributed by atoms with van der Waals surface area (Å²) in [4.78, 5) is 37.1. The van der Waals surface area contributed by atoms with Crippen LogP contribution in [0.1, 0.15) is 181 Å². The average Bonchev–Trinajstić information content (AvgIpc) is 3.24. The molecule has 2 unspecified atom stereocenters. The van der Waals surface area contributed by atoms with Crippen LogP contribution in [0, 0.1) is 0 Å². The van der Waals surface area contributed by atoms with Gasteiger partial charge in [-0.05, 0) is 89.9 Å². The van der Waals surface area contributed by atoms with E-state index in [4.69, 9.17) is 14.2 Å². The molecule has 0 aromatic heterocycles. The van der Waals surface area contributed by atoms with Gasteiger partial charge >= 0.3 is 17.9 Å². The molecule has 0 rings (SSSR count). The SMILES string of the molecule is CC/C=C/C/C=C/C/C=C/C/C=C/C/C=C/C/C=C/C/C=C/CCCC(=O)OC(COCCC(C(=O)O)[N+](C)(C)C)COC(=O)CCCCCCC/C=C/CCCCCCCCC. The molecule has 0 spiro atoms. The standard InChI is InChI=1S/C55H91NO7/c1-6-8-10-12-14-16-18-20-22-24-25-26-27-28-29-30-32-34-36-38-40-42-44-46-54(58)63-51(49-61-48-47-52(55(59)60)56(3,4)5)50-62-53(57)45-43-41-39-37-35-33-31-23-21-19-17-15-13-11-9-7-2/h8,10,14,16,20,22-23,25-26,28-29,31-32,34,38,40,51-52H,6-7,9,11-13,15,17-19,21,24,27,30,33,35-37,39,41-50H2,1-5H3/p+1/b10-8+,16-14+,22-20+,26-25+,29-28+,31-23+,34-32+,40-38+. The van der Waals surface area contributed by atoms with Crippen LogP contribution in [0.4, 0.5) is 0 Å². The number of carbonyl (C=O) groups is 3. The summed E-state index contributed by atoms with van der Waals surface area (Å²) in [6.45, 7) is 4.54. The Bertz CT molecular complexity index is 1350. The van der Waals surface area contributed by atoms with Crippen molar-refractivity contribution in [1.29, 1.82) is 0 Å². The first-order valence-electron chi connectivity index (χ1n) is 24.8. The average molecular weight is 879 g/mol. The molecular weight excluding hydrogens is 787 g/mol. The van der Waals surface area contributed by atoms with Crippen molar-refractivity contribution >= 4 is 17.9 Å². The molecule has 0 aliphatic rings. The Hall–Kier alpha value is -3.75. The number of carboxylic acids is 1. The lowest BCUT2D eigenvalue weighted by atomic mass is 10.1. The van der Waals surface area contributed by atoms with Gasteiger partial charge in [0, 0.05) is 19.3 Å². The normalized spacial score (nSPS) is 13.7. The molecule has 0 aromatic rings. The first-order chi connectivity index (χ1) is 30.6. The topological polar surface area (TPSA) is 99.1 Å². The summed E-state index contributed by atoms with van der Waals surface area (Å²) in [7, 11) is 5.50. The molecule has 0 aromatic carbocycles. The second-order valence-electron chi connectivity index (χ2n) is 17.3. The zero-order chi connectivity index (χ0) is 46.3. The van der Waals surface area contributed by atoms with Crippen molar-refractivity contribution in [1.82, 2.24) is 0 Å². The highest BCUT2D eigenvalue weighted by Gasteiger charge is 2.31. The lowest BCUT2D eigenvalue weighted by Crippen LogP contribution is -2.50. The fourth-order valence-electron chi connectivity index (χ4n) is 6.66. The van der Waals surface area contributed by atoms with Gasteiger partial charge in [0.2, 0.25) is 0 Å². The summed E-state index contributed by atoms with van der Waals surface area (Å²) in [5.41, 5.74) is 0. The fraction of sp³-hybridized carbons (Fsp3) is 0.655. The Morgan fingerprint density at radius 1 is 0.492 bits per heavy atom. The molecule has 63 heavy (non-hydrogen) atoms. The summed E-state index contributed by atoms with van der Waals surface area (Å²) in [6, 6.07) is -0.632. The number of carbonyl (C=O) groups excluding carboxylic acids is 2. The van der Waals surface area contributed by atoms with Crippen LogP contribution in [0.2, 0.25) is 0 Å². The summed E-state index contributed by atoms with van der Waals surface area (Å²) in [5.74, 6) is -1.56. The van der Waals surface area contributed by atoms with E-state index < -0.39 is 18.1 Å². The molecule has 0 radical (unpaired) electrons. The first kappa shape index (κ1) is 59.2. The highest BCUT2D eigenvalue weighted by molar-refractivity contribution is 5.72. The van der Waals surface area contributed by atoms with Crippen molar-refractivity contribution in [3.8, 4) is 0 Å². The van der Waals surface area contributed by atoms with Crippen LogP contribution in [0.15, 0.2) is 97.2 Å². The Kier molecular flexibility index (Phi) is 42.2. The van der Waals surface area contributed by atoms with Gasteiger partial charge in [0.15, 0.2) is 12.1 Å². The van der Waals surface area contributed by atoms with Crippen LogP contribution in [-0.4, -0.2) is 80.6 Å². The highest BCUT2D eigenvalue weighted by Crippen LogP contribution is 2.13. The van der Waals surface area contributed by atoms with Crippen LogP contribution in [0.5, 0.6) is 0 Å². The fourth-order valence-corrected chi connectivity index (χ4v) is 6.66. The van der Waals surface area contributed by atoms with Crippen LogP contribution in [0.25, 0.3) is 0 Å². The quantitative estimate of drug-likeness (QED) is 0.0282. The van der Waals surface area contributed by atoms with Gasteiger partial charge in [0.05, 0.1) is 34.4 Å². The van der Waals surface area contributed by atoms with E-state index in [-0.39, 0.29) is 42.7 Å². The third kappa shape index (κ3) is 43.3. The van der Waals surface area contributed by atoms with Gasteiger partial charge in [0.25, 0.3) is 0 Å². The first-order valence-corrected chi connectivity index (χ1v) is 24.8. The zero-order valence-electron chi connectivity index (χ0n) is 40.7. The van der Waals surface area contributed by atoms with Crippen molar-refractivity contribution < 1.29 is 38.2 Å². The lowest BCUT2D eigenvalue weighted by molar-refractivity contribution is -0.887. The predicted molar refractivity (Wildman–Crippen MR) is 266 cm³/mol. The molecule has 0 fully saturated rings. The smallest absolute Gasteiger partial charge is 0.362 e. The molecule has 8 nitrogen and oxygen atoms in total. The molecule has 0 heterocycles. The van der Waals surface area contributed by atoms with Gasteiger partial charge < -0.3 is 23.8 Å². The molecule has 0 aliphatic heterocycles. The second-order valence-corrected chi connectivity index (χ2v) is 17.3. The Morgan fingerprint density at radius 2 is 0.905 bits per heavy atom. The summed E-state index contributed by atoms with van der Waals surface area (Å²) in [6.07, 6.45) is 60.3. The van der Waals surface area contributed by atoms with E-state index >= 15 is 0 Å². The predicted octanol–water partition coefficient (Wildman–Crippen LogP) is 14.2. The van der Waals surface area contributed by atoms with Crippen molar-refractivity contribution in [2.24, 2.45) is 0 Å². The second kappa shape index (κ2) is 44.8. The van der Waals surface area contributed by atoms with E-state index in [0.29, 0.717) is 19.3 Å². The van der Waals surface area contributed by atoms with E-state index in [2.05, 4.69) is 111 Å². The molecule has 0 amide bonds. The molecule has 358 valence electrons. The molecule has 0 saturated carbocycles. The number of esters is 2.